The van der Waals surface area contributed by atoms with E-state index in [1.165, 1.54) is 18.5 Å². The predicted molar refractivity (Wildman–Crippen MR) is 122 cm³/mol. The summed E-state index contributed by atoms with van der Waals surface area (Å²) >= 11 is 5.84. The van der Waals surface area contributed by atoms with Crippen LogP contribution in [0.25, 0.3) is 22.8 Å². The summed E-state index contributed by atoms with van der Waals surface area (Å²) < 4.78 is 24.6. The molecular weight excluding hydrogens is 439 g/mol. The van der Waals surface area contributed by atoms with E-state index in [9.17, 15) is 4.39 Å². The second-order valence-corrected chi connectivity index (χ2v) is 10.8. The van der Waals surface area contributed by atoms with Crippen molar-refractivity contribution in [2.45, 2.75) is 31.1 Å². The van der Waals surface area contributed by atoms with Crippen molar-refractivity contribution in [3.05, 3.63) is 53.1 Å². The largest absolute Gasteiger partial charge is 0.386 e. The van der Waals surface area contributed by atoms with E-state index in [1.54, 1.807) is 25.2 Å². The minimum atomic E-state index is -0.843. The van der Waals surface area contributed by atoms with E-state index < -0.39 is 16.2 Å². The summed E-state index contributed by atoms with van der Waals surface area (Å²) in [5.74, 6) is 1.53. The first kappa shape index (κ1) is 21.6. The van der Waals surface area contributed by atoms with E-state index in [4.69, 9.17) is 26.9 Å². The third kappa shape index (κ3) is 3.87. The van der Waals surface area contributed by atoms with Crippen molar-refractivity contribution >= 4 is 28.1 Å². The van der Waals surface area contributed by atoms with Gasteiger partial charge in [-0.2, -0.15) is 0 Å². The molecule has 2 aromatic heterocycles. The van der Waals surface area contributed by atoms with E-state index >= 15 is 0 Å². The van der Waals surface area contributed by atoms with Gasteiger partial charge in [-0.3, -0.25) is 9.36 Å². The van der Waals surface area contributed by atoms with Crippen LogP contribution in [0.3, 0.4) is 0 Å². The Hall–Kier alpha value is -2.65. The number of hydrogen-bond donors (Lipinski definition) is 1. The van der Waals surface area contributed by atoms with Crippen LogP contribution in [0, 0.1) is 5.82 Å². The summed E-state index contributed by atoms with van der Waals surface area (Å²) in [6, 6.07) is 6.48. The summed E-state index contributed by atoms with van der Waals surface area (Å²) in [5.41, 5.74) is 7.00. The average molecular weight is 461 g/mol. The topological polar surface area (TPSA) is 103 Å². The standard InChI is InChI=1S/C21H22ClFN6OS/c1-20(2)19(24)28-21(3,11-31(20)25-4)14-7-12(5-6-15(14)23)17-8-16(29-30-17)18-26-9-13(22)10-27-18/h5-10H,11H2,1-4H3,(H2,24,28)/t21-,31+/m0/s1. The minimum absolute atomic E-state index is 0.358. The molecule has 162 valence electrons. The second-order valence-electron chi connectivity index (χ2n) is 7.97. The lowest BCUT2D eigenvalue weighted by atomic mass is 9.91. The summed E-state index contributed by atoms with van der Waals surface area (Å²) in [5, 5.41) is 4.46. The van der Waals surface area contributed by atoms with Crippen LogP contribution in [-0.2, 0) is 16.2 Å². The number of amidine groups is 1. The highest BCUT2D eigenvalue weighted by molar-refractivity contribution is 7.89. The first-order valence-corrected chi connectivity index (χ1v) is 11.3. The van der Waals surface area contributed by atoms with Crippen LogP contribution >= 0.6 is 11.6 Å². The fraction of sp³-hybridized carbons (Fsp3) is 0.333. The van der Waals surface area contributed by atoms with Gasteiger partial charge < -0.3 is 10.3 Å². The number of nitrogens with zero attached hydrogens (tertiary/aromatic N) is 5. The smallest absolute Gasteiger partial charge is 0.181 e. The number of aromatic nitrogens is 3. The molecule has 0 radical (unpaired) electrons. The van der Waals surface area contributed by atoms with Gasteiger partial charge in [0, 0.05) is 42.4 Å². The molecule has 1 aromatic carbocycles. The quantitative estimate of drug-likeness (QED) is 0.624. The third-order valence-corrected chi connectivity index (χ3v) is 8.26. The monoisotopic (exact) mass is 460 g/mol. The molecule has 31 heavy (non-hydrogen) atoms. The number of benzene rings is 1. The average Bonchev–Trinajstić information content (AvgIpc) is 3.22. The van der Waals surface area contributed by atoms with Gasteiger partial charge in [-0.05, 0) is 39.0 Å². The zero-order chi connectivity index (χ0) is 22.4. The van der Waals surface area contributed by atoms with Crippen molar-refractivity contribution in [3.8, 4) is 22.8 Å². The zero-order valence-electron chi connectivity index (χ0n) is 17.6. The van der Waals surface area contributed by atoms with Crippen LogP contribution < -0.4 is 5.73 Å². The molecule has 0 spiro atoms. The van der Waals surface area contributed by atoms with Gasteiger partial charge >= 0.3 is 0 Å². The van der Waals surface area contributed by atoms with Crippen LogP contribution in [0.15, 0.2) is 50.5 Å². The van der Waals surface area contributed by atoms with Crippen molar-refractivity contribution < 1.29 is 8.91 Å². The molecule has 1 aliphatic rings. The van der Waals surface area contributed by atoms with E-state index in [2.05, 4.69) is 19.5 Å². The molecule has 2 atom stereocenters. The SMILES string of the molecule is CN=[S@@]1C[C@@](C)(c2cc(-c3cc(-c4ncc(Cl)cn4)no3)ccc2F)N=C(N)C1(C)C. The van der Waals surface area contributed by atoms with E-state index in [-0.39, 0.29) is 10.6 Å². The van der Waals surface area contributed by atoms with Crippen LogP contribution in [-0.4, -0.2) is 38.5 Å². The Bertz CT molecular complexity index is 1210. The van der Waals surface area contributed by atoms with Crippen molar-refractivity contribution in [1.82, 2.24) is 15.1 Å². The fourth-order valence-corrected chi connectivity index (χ4v) is 5.57. The fourth-order valence-electron chi connectivity index (χ4n) is 3.48. The van der Waals surface area contributed by atoms with E-state index in [0.717, 1.165) is 0 Å². The molecule has 10 heteroatoms. The summed E-state index contributed by atoms with van der Waals surface area (Å²) in [7, 11) is 1.36. The summed E-state index contributed by atoms with van der Waals surface area (Å²) in [6.07, 6.45) is 2.97. The third-order valence-electron chi connectivity index (χ3n) is 5.40. The van der Waals surface area contributed by atoms with Gasteiger partial charge in [-0.25, -0.2) is 14.4 Å². The normalized spacial score (nSPS) is 23.0. The van der Waals surface area contributed by atoms with E-state index in [0.29, 0.717) is 45.0 Å². The molecule has 1 aliphatic heterocycles. The number of hydrogen-bond acceptors (Lipinski definition) is 7. The lowest BCUT2D eigenvalue weighted by Crippen LogP contribution is -2.51. The molecule has 0 bridgehead atoms. The number of halogens is 2. The predicted octanol–water partition coefficient (Wildman–Crippen LogP) is 4.39. The van der Waals surface area contributed by atoms with Gasteiger partial charge in [0.15, 0.2) is 17.3 Å². The van der Waals surface area contributed by atoms with Gasteiger partial charge in [0.25, 0.3) is 0 Å². The van der Waals surface area contributed by atoms with Gasteiger partial charge in [0.05, 0.1) is 15.3 Å². The highest BCUT2D eigenvalue weighted by Gasteiger charge is 2.42. The maximum atomic E-state index is 15.0. The Morgan fingerprint density at radius 3 is 2.58 bits per heavy atom. The Balaban J connectivity index is 1.75. The summed E-state index contributed by atoms with van der Waals surface area (Å²) in [4.78, 5) is 13.0. The molecule has 2 N–H and O–H groups in total. The Kier molecular flexibility index (Phi) is 5.43. The van der Waals surface area contributed by atoms with Crippen molar-refractivity contribution in [1.29, 1.82) is 0 Å². The molecule has 0 unspecified atom stereocenters. The number of rotatable bonds is 3. The van der Waals surface area contributed by atoms with Gasteiger partial charge in [0.1, 0.15) is 11.7 Å². The van der Waals surface area contributed by atoms with Gasteiger partial charge in [-0.15, -0.1) is 0 Å². The van der Waals surface area contributed by atoms with E-state index in [1.807, 2.05) is 20.8 Å². The minimum Gasteiger partial charge on any atom is -0.386 e. The molecular formula is C21H22ClFN6OS. The first-order chi connectivity index (χ1) is 14.6. The summed E-state index contributed by atoms with van der Waals surface area (Å²) in [6.45, 7) is 5.92. The Morgan fingerprint density at radius 1 is 1.19 bits per heavy atom. The highest BCUT2D eigenvalue weighted by atomic mass is 35.5. The van der Waals surface area contributed by atoms with Gasteiger partial charge in [0.2, 0.25) is 0 Å². The van der Waals surface area contributed by atoms with Crippen LogP contribution in [0.4, 0.5) is 4.39 Å². The maximum Gasteiger partial charge on any atom is 0.181 e. The Morgan fingerprint density at radius 2 is 1.90 bits per heavy atom. The Labute approximate surface area is 187 Å². The molecule has 0 aliphatic carbocycles. The zero-order valence-corrected chi connectivity index (χ0v) is 19.1. The van der Waals surface area contributed by atoms with Crippen LogP contribution in [0.1, 0.15) is 26.3 Å². The first-order valence-electron chi connectivity index (χ1n) is 9.56. The van der Waals surface area contributed by atoms with Crippen molar-refractivity contribution in [3.63, 3.8) is 0 Å². The molecule has 0 saturated carbocycles. The molecule has 7 nitrogen and oxygen atoms in total. The maximum absolute atomic E-state index is 15.0. The van der Waals surface area contributed by atoms with Crippen LogP contribution in [0.5, 0.6) is 0 Å². The molecule has 0 fully saturated rings. The molecule has 0 saturated heterocycles. The van der Waals surface area contributed by atoms with Crippen molar-refractivity contribution in [2.75, 3.05) is 12.8 Å². The van der Waals surface area contributed by atoms with Gasteiger partial charge in [-0.1, -0.05) is 27.4 Å². The molecule has 0 amide bonds. The highest BCUT2D eigenvalue weighted by Crippen LogP contribution is 2.38. The number of nitrogens with two attached hydrogens (primary N) is 1. The number of aliphatic imine (C=N–C) groups is 1. The second kappa shape index (κ2) is 7.80. The molecule has 3 aromatic rings. The molecule has 3 heterocycles. The lowest BCUT2D eigenvalue weighted by Gasteiger charge is -2.40. The molecule has 4 rings (SSSR count). The van der Waals surface area contributed by atoms with Crippen molar-refractivity contribution in [2.24, 2.45) is 15.1 Å². The lowest BCUT2D eigenvalue weighted by molar-refractivity contribution is 0.434. The van der Waals surface area contributed by atoms with Crippen LogP contribution in [0.2, 0.25) is 5.02 Å².